The van der Waals surface area contributed by atoms with E-state index in [4.69, 9.17) is 5.26 Å². The Morgan fingerprint density at radius 1 is 1.37 bits per heavy atom. The fraction of sp³-hybridized carbons (Fsp3) is 0.533. The number of halogens is 1. The Kier molecular flexibility index (Phi) is 4.52. The highest BCUT2D eigenvalue weighted by Gasteiger charge is 2.32. The van der Waals surface area contributed by atoms with Crippen molar-refractivity contribution in [3.63, 3.8) is 0 Å². The third-order valence-corrected chi connectivity index (χ3v) is 3.98. The zero-order chi connectivity index (χ0) is 13.7. The molecule has 1 aliphatic rings. The summed E-state index contributed by atoms with van der Waals surface area (Å²) in [4.78, 5) is 0. The van der Waals surface area contributed by atoms with Gasteiger partial charge in [-0.2, -0.15) is 5.26 Å². The van der Waals surface area contributed by atoms with Crippen LogP contribution < -0.4 is 5.32 Å². The fourth-order valence-corrected chi connectivity index (χ4v) is 2.76. The van der Waals surface area contributed by atoms with Gasteiger partial charge in [0.05, 0.1) is 5.56 Å². The molecule has 2 N–H and O–H groups in total. The number of aliphatic hydroxyl groups excluding tert-OH is 1. The molecule has 0 unspecified atom stereocenters. The van der Waals surface area contributed by atoms with E-state index in [1.807, 2.05) is 6.07 Å². The van der Waals surface area contributed by atoms with E-state index in [1.54, 1.807) is 12.1 Å². The molecule has 2 rings (SSSR count). The van der Waals surface area contributed by atoms with Gasteiger partial charge in [-0.15, -0.1) is 0 Å². The second-order valence-corrected chi connectivity index (χ2v) is 5.39. The molecule has 4 heteroatoms. The second kappa shape index (κ2) is 6.14. The van der Waals surface area contributed by atoms with E-state index in [9.17, 15) is 9.50 Å². The van der Waals surface area contributed by atoms with E-state index in [1.165, 1.54) is 18.9 Å². The molecular formula is C15H19FN2O. The minimum absolute atomic E-state index is 0.0120. The SMILES string of the molecule is N#Cc1cc(CNCC2(CO)CCCC2)ccc1F. The lowest BCUT2D eigenvalue weighted by Crippen LogP contribution is -2.34. The molecule has 1 aliphatic carbocycles. The predicted molar refractivity (Wildman–Crippen MR) is 70.8 cm³/mol. The molecule has 3 nitrogen and oxygen atoms in total. The average Bonchev–Trinajstić information content (AvgIpc) is 2.90. The number of benzene rings is 1. The van der Waals surface area contributed by atoms with Gasteiger partial charge < -0.3 is 10.4 Å². The van der Waals surface area contributed by atoms with Crippen LogP contribution in [0.3, 0.4) is 0 Å². The van der Waals surface area contributed by atoms with Crippen molar-refractivity contribution in [2.24, 2.45) is 5.41 Å². The lowest BCUT2D eigenvalue weighted by molar-refractivity contribution is 0.128. The van der Waals surface area contributed by atoms with Gasteiger partial charge in [0.15, 0.2) is 0 Å². The fourth-order valence-electron chi connectivity index (χ4n) is 2.76. The van der Waals surface area contributed by atoms with E-state index in [0.717, 1.165) is 24.9 Å². The Hall–Kier alpha value is -1.44. The number of nitrogens with one attached hydrogen (secondary N) is 1. The summed E-state index contributed by atoms with van der Waals surface area (Å²) in [6, 6.07) is 6.43. The highest BCUT2D eigenvalue weighted by atomic mass is 19.1. The first-order valence-corrected chi connectivity index (χ1v) is 6.69. The van der Waals surface area contributed by atoms with Gasteiger partial charge in [0.25, 0.3) is 0 Å². The minimum Gasteiger partial charge on any atom is -0.396 e. The molecule has 0 aliphatic heterocycles. The van der Waals surface area contributed by atoms with Crippen LogP contribution in [-0.2, 0) is 6.54 Å². The quantitative estimate of drug-likeness (QED) is 0.856. The summed E-state index contributed by atoms with van der Waals surface area (Å²) in [6.07, 6.45) is 4.47. The van der Waals surface area contributed by atoms with E-state index >= 15 is 0 Å². The third-order valence-electron chi connectivity index (χ3n) is 3.98. The van der Waals surface area contributed by atoms with Crippen LogP contribution >= 0.6 is 0 Å². The second-order valence-electron chi connectivity index (χ2n) is 5.39. The average molecular weight is 262 g/mol. The first-order valence-electron chi connectivity index (χ1n) is 6.69. The maximum absolute atomic E-state index is 13.2. The van der Waals surface area contributed by atoms with Crippen molar-refractivity contribution in [2.45, 2.75) is 32.2 Å². The van der Waals surface area contributed by atoms with Crippen LogP contribution in [0.15, 0.2) is 18.2 Å². The summed E-state index contributed by atoms with van der Waals surface area (Å²) in [7, 11) is 0. The molecule has 1 saturated carbocycles. The predicted octanol–water partition coefficient (Wildman–Crippen LogP) is 2.34. The summed E-state index contributed by atoms with van der Waals surface area (Å²) >= 11 is 0. The van der Waals surface area contributed by atoms with Crippen LogP contribution in [0.4, 0.5) is 4.39 Å². The molecule has 0 spiro atoms. The lowest BCUT2D eigenvalue weighted by Gasteiger charge is -2.26. The van der Waals surface area contributed by atoms with Crippen molar-refractivity contribution in [2.75, 3.05) is 13.2 Å². The largest absolute Gasteiger partial charge is 0.396 e. The normalized spacial score (nSPS) is 17.3. The Labute approximate surface area is 113 Å². The van der Waals surface area contributed by atoms with Gasteiger partial charge in [-0.1, -0.05) is 18.9 Å². The molecule has 102 valence electrons. The Balaban J connectivity index is 1.91. The topological polar surface area (TPSA) is 56.0 Å². The van der Waals surface area contributed by atoms with Crippen molar-refractivity contribution in [3.05, 3.63) is 35.1 Å². The van der Waals surface area contributed by atoms with E-state index in [-0.39, 0.29) is 17.6 Å². The summed E-state index contributed by atoms with van der Waals surface area (Å²) in [5, 5.41) is 21.6. The molecule has 19 heavy (non-hydrogen) atoms. The molecule has 1 aromatic rings. The zero-order valence-electron chi connectivity index (χ0n) is 11.0. The minimum atomic E-state index is -0.478. The van der Waals surface area contributed by atoms with Gasteiger partial charge in [0, 0.05) is 25.1 Å². The summed E-state index contributed by atoms with van der Waals surface area (Å²) in [5.74, 6) is -0.478. The van der Waals surface area contributed by atoms with Crippen LogP contribution in [0, 0.1) is 22.6 Å². The molecular weight excluding hydrogens is 243 g/mol. The van der Waals surface area contributed by atoms with Crippen molar-refractivity contribution in [1.82, 2.24) is 5.32 Å². The monoisotopic (exact) mass is 262 g/mol. The number of nitrogens with zero attached hydrogens (tertiary/aromatic N) is 1. The van der Waals surface area contributed by atoms with Crippen molar-refractivity contribution in [1.29, 1.82) is 5.26 Å². The van der Waals surface area contributed by atoms with E-state index in [0.29, 0.717) is 6.54 Å². The molecule has 0 bridgehead atoms. The molecule has 1 aromatic carbocycles. The summed E-state index contributed by atoms with van der Waals surface area (Å²) in [5.41, 5.74) is 0.985. The molecule has 0 heterocycles. The molecule has 0 radical (unpaired) electrons. The summed E-state index contributed by atoms with van der Waals surface area (Å²) in [6.45, 7) is 1.58. The van der Waals surface area contributed by atoms with Gasteiger partial charge in [0.2, 0.25) is 0 Å². The molecule has 0 amide bonds. The lowest BCUT2D eigenvalue weighted by atomic mass is 9.87. The Bertz CT molecular complexity index is 476. The van der Waals surface area contributed by atoms with Crippen molar-refractivity contribution in [3.8, 4) is 6.07 Å². The molecule has 1 fully saturated rings. The molecule has 0 aromatic heterocycles. The van der Waals surface area contributed by atoms with Crippen LogP contribution in [-0.4, -0.2) is 18.3 Å². The molecule has 0 atom stereocenters. The van der Waals surface area contributed by atoms with Gasteiger partial charge in [-0.05, 0) is 30.5 Å². The maximum Gasteiger partial charge on any atom is 0.140 e. The smallest absolute Gasteiger partial charge is 0.140 e. The number of rotatable bonds is 5. The van der Waals surface area contributed by atoms with Gasteiger partial charge >= 0.3 is 0 Å². The van der Waals surface area contributed by atoms with Gasteiger partial charge in [-0.25, -0.2) is 4.39 Å². The molecule has 0 saturated heterocycles. The highest BCUT2D eigenvalue weighted by molar-refractivity contribution is 5.34. The van der Waals surface area contributed by atoms with E-state index < -0.39 is 5.82 Å². The van der Waals surface area contributed by atoms with Crippen molar-refractivity contribution < 1.29 is 9.50 Å². The Morgan fingerprint density at radius 3 is 2.74 bits per heavy atom. The number of nitriles is 1. The highest BCUT2D eigenvalue weighted by Crippen LogP contribution is 2.36. The number of hydrogen-bond acceptors (Lipinski definition) is 3. The van der Waals surface area contributed by atoms with Crippen LogP contribution in [0.25, 0.3) is 0 Å². The standard InChI is InChI=1S/C15H19FN2O/c16-14-4-3-12(7-13(14)8-17)9-18-10-15(11-19)5-1-2-6-15/h3-4,7,18-19H,1-2,5-6,9-11H2. The Morgan fingerprint density at radius 2 is 2.11 bits per heavy atom. The van der Waals surface area contributed by atoms with Crippen LogP contribution in [0.5, 0.6) is 0 Å². The maximum atomic E-state index is 13.2. The zero-order valence-corrected chi connectivity index (χ0v) is 11.0. The third kappa shape index (κ3) is 3.31. The van der Waals surface area contributed by atoms with Crippen molar-refractivity contribution >= 4 is 0 Å². The van der Waals surface area contributed by atoms with Crippen LogP contribution in [0.2, 0.25) is 0 Å². The van der Waals surface area contributed by atoms with Gasteiger partial charge in [-0.3, -0.25) is 0 Å². The first-order chi connectivity index (χ1) is 9.19. The first kappa shape index (κ1) is 14.0. The summed E-state index contributed by atoms with van der Waals surface area (Å²) < 4.78 is 13.2. The van der Waals surface area contributed by atoms with Crippen LogP contribution in [0.1, 0.15) is 36.8 Å². The van der Waals surface area contributed by atoms with Gasteiger partial charge in [0.1, 0.15) is 11.9 Å². The number of aliphatic hydroxyl groups is 1. The number of hydrogen-bond donors (Lipinski definition) is 2. The van der Waals surface area contributed by atoms with E-state index in [2.05, 4.69) is 5.32 Å².